The third-order valence-corrected chi connectivity index (χ3v) is 3.66. The van der Waals surface area contributed by atoms with Crippen LogP contribution in [-0.4, -0.2) is 8.76 Å². The fourth-order valence-electron chi connectivity index (χ4n) is 2.15. The molecular formula is C14H9LiO2S. The molecule has 4 heteroatoms. The van der Waals surface area contributed by atoms with E-state index in [0.29, 0.717) is 4.90 Å². The smallest absolute Gasteiger partial charge is 0.768 e. The van der Waals surface area contributed by atoms with Crippen molar-refractivity contribution >= 4 is 32.6 Å². The number of rotatable bonds is 1. The van der Waals surface area contributed by atoms with Gasteiger partial charge in [0.15, 0.2) is 0 Å². The number of hydrogen-bond acceptors (Lipinski definition) is 2. The predicted molar refractivity (Wildman–Crippen MR) is 68.6 cm³/mol. The van der Waals surface area contributed by atoms with Gasteiger partial charge in [0.05, 0.1) is 0 Å². The van der Waals surface area contributed by atoms with E-state index in [1.807, 2.05) is 54.6 Å². The third kappa shape index (κ3) is 2.11. The van der Waals surface area contributed by atoms with Crippen LogP contribution in [0.4, 0.5) is 0 Å². The van der Waals surface area contributed by atoms with Crippen LogP contribution >= 0.6 is 0 Å². The quantitative estimate of drug-likeness (QED) is 0.351. The van der Waals surface area contributed by atoms with E-state index in [1.165, 1.54) is 0 Å². The monoisotopic (exact) mass is 248 g/mol. The molecule has 3 rings (SSSR count). The first kappa shape index (κ1) is 13.3. The van der Waals surface area contributed by atoms with E-state index in [9.17, 15) is 8.76 Å². The van der Waals surface area contributed by atoms with Crippen LogP contribution < -0.4 is 18.9 Å². The van der Waals surface area contributed by atoms with Crippen LogP contribution in [0.1, 0.15) is 0 Å². The van der Waals surface area contributed by atoms with Gasteiger partial charge in [-0.25, -0.2) is 0 Å². The number of benzene rings is 3. The fraction of sp³-hybridized carbons (Fsp3) is 0. The molecule has 0 aromatic heterocycles. The summed E-state index contributed by atoms with van der Waals surface area (Å²) in [5.74, 6) is 0. The van der Waals surface area contributed by atoms with Gasteiger partial charge in [-0.1, -0.05) is 48.5 Å². The zero-order chi connectivity index (χ0) is 11.8. The van der Waals surface area contributed by atoms with Crippen LogP contribution in [0.3, 0.4) is 0 Å². The topological polar surface area (TPSA) is 40.1 Å². The standard InChI is InChI=1S/C14H10O2S.Li/c15-17(16)14-12-7-3-1-5-10(12)9-11-6-2-4-8-13(11)14;/h1-9H,(H,15,16);/q;+1/p-1. The molecule has 0 aliphatic carbocycles. The van der Waals surface area contributed by atoms with Crippen molar-refractivity contribution in [3.8, 4) is 0 Å². The van der Waals surface area contributed by atoms with Gasteiger partial charge >= 0.3 is 18.9 Å². The van der Waals surface area contributed by atoms with E-state index in [1.54, 1.807) is 0 Å². The maximum Gasteiger partial charge on any atom is 1.00 e. The van der Waals surface area contributed by atoms with E-state index in [-0.39, 0.29) is 18.9 Å². The largest absolute Gasteiger partial charge is 1.00 e. The van der Waals surface area contributed by atoms with Gasteiger partial charge in [-0.05, 0) is 38.7 Å². The Morgan fingerprint density at radius 2 is 1.28 bits per heavy atom. The SMILES string of the molecule is O=S([O-])c1c2ccccc2cc2ccccc12.[Li+]. The van der Waals surface area contributed by atoms with Crippen molar-refractivity contribution in [1.29, 1.82) is 0 Å². The van der Waals surface area contributed by atoms with Gasteiger partial charge in [0.1, 0.15) is 0 Å². The molecule has 0 aliphatic heterocycles. The van der Waals surface area contributed by atoms with Gasteiger partial charge in [-0.3, -0.25) is 4.21 Å². The van der Waals surface area contributed by atoms with Gasteiger partial charge in [0.25, 0.3) is 0 Å². The average molecular weight is 248 g/mol. The Balaban J connectivity index is 0.00000120. The molecule has 0 saturated heterocycles. The number of fused-ring (bicyclic) bond motifs is 2. The Morgan fingerprint density at radius 3 is 1.72 bits per heavy atom. The molecule has 84 valence electrons. The van der Waals surface area contributed by atoms with Crippen molar-refractivity contribution in [1.82, 2.24) is 0 Å². The second-order valence-electron chi connectivity index (χ2n) is 3.88. The molecule has 3 aromatic rings. The van der Waals surface area contributed by atoms with E-state index in [4.69, 9.17) is 0 Å². The van der Waals surface area contributed by atoms with E-state index < -0.39 is 11.1 Å². The second kappa shape index (κ2) is 5.25. The minimum Gasteiger partial charge on any atom is -0.768 e. The van der Waals surface area contributed by atoms with E-state index in [2.05, 4.69) is 0 Å². The zero-order valence-corrected chi connectivity index (χ0v) is 10.7. The first-order valence-corrected chi connectivity index (χ1v) is 6.34. The summed E-state index contributed by atoms with van der Waals surface area (Å²) in [6.45, 7) is 0. The molecule has 1 unspecified atom stereocenters. The van der Waals surface area contributed by atoms with Crippen molar-refractivity contribution in [2.24, 2.45) is 0 Å². The Kier molecular flexibility index (Phi) is 3.89. The summed E-state index contributed by atoms with van der Waals surface area (Å²) in [7, 11) is 0. The summed E-state index contributed by atoms with van der Waals surface area (Å²) >= 11 is -2.23. The van der Waals surface area contributed by atoms with Crippen LogP contribution in [-0.2, 0) is 11.1 Å². The minimum absolute atomic E-state index is 0. The Hall–Kier alpha value is -1.11. The summed E-state index contributed by atoms with van der Waals surface area (Å²) < 4.78 is 22.9. The normalized spacial score (nSPS) is 12.3. The van der Waals surface area contributed by atoms with E-state index in [0.717, 1.165) is 21.5 Å². The van der Waals surface area contributed by atoms with Crippen molar-refractivity contribution in [3.05, 3.63) is 54.6 Å². The molecule has 3 aromatic carbocycles. The van der Waals surface area contributed by atoms with Gasteiger partial charge in [0.2, 0.25) is 0 Å². The van der Waals surface area contributed by atoms with Crippen LogP contribution in [0, 0.1) is 0 Å². The summed E-state index contributed by atoms with van der Waals surface area (Å²) in [6, 6.07) is 17.1. The van der Waals surface area contributed by atoms with Gasteiger partial charge in [-0.2, -0.15) is 0 Å². The molecule has 0 spiro atoms. The molecule has 2 nitrogen and oxygen atoms in total. The summed E-state index contributed by atoms with van der Waals surface area (Å²) in [4.78, 5) is 0.388. The average Bonchev–Trinajstić information content (AvgIpc) is 2.35. The van der Waals surface area contributed by atoms with Crippen LogP contribution in [0.15, 0.2) is 59.5 Å². The van der Waals surface area contributed by atoms with Crippen molar-refractivity contribution < 1.29 is 27.6 Å². The number of hydrogen-bond donors (Lipinski definition) is 0. The molecule has 0 fully saturated rings. The van der Waals surface area contributed by atoms with Crippen molar-refractivity contribution in [3.63, 3.8) is 0 Å². The molecule has 0 aliphatic rings. The van der Waals surface area contributed by atoms with Crippen LogP contribution in [0.25, 0.3) is 21.5 Å². The van der Waals surface area contributed by atoms with Crippen LogP contribution in [0.5, 0.6) is 0 Å². The van der Waals surface area contributed by atoms with Crippen LogP contribution in [0.2, 0.25) is 0 Å². The maximum absolute atomic E-state index is 11.4. The molecule has 18 heavy (non-hydrogen) atoms. The summed E-state index contributed by atoms with van der Waals surface area (Å²) in [6.07, 6.45) is 0. The predicted octanol–water partition coefficient (Wildman–Crippen LogP) is 0.235. The molecular weight excluding hydrogens is 239 g/mol. The molecule has 0 saturated carbocycles. The first-order chi connectivity index (χ1) is 8.27. The summed E-state index contributed by atoms with van der Waals surface area (Å²) in [5, 5.41) is 3.45. The first-order valence-electron chi connectivity index (χ1n) is 5.27. The maximum atomic E-state index is 11.4. The third-order valence-electron chi connectivity index (χ3n) is 2.89. The zero-order valence-electron chi connectivity index (χ0n) is 9.92. The molecule has 0 bridgehead atoms. The second-order valence-corrected chi connectivity index (χ2v) is 4.76. The Bertz CT molecular complexity index is 686. The summed E-state index contributed by atoms with van der Waals surface area (Å²) in [5.41, 5.74) is 0. The van der Waals surface area contributed by atoms with Gasteiger partial charge < -0.3 is 4.55 Å². The molecule has 0 heterocycles. The molecule has 1 atom stereocenters. The molecule has 0 amide bonds. The van der Waals surface area contributed by atoms with Gasteiger partial charge in [-0.15, -0.1) is 0 Å². The molecule has 0 radical (unpaired) electrons. The fourth-order valence-corrected chi connectivity index (χ4v) is 2.88. The van der Waals surface area contributed by atoms with Crippen molar-refractivity contribution in [2.75, 3.05) is 0 Å². The Morgan fingerprint density at radius 1 is 0.833 bits per heavy atom. The minimum atomic E-state index is -2.23. The Labute approximate surface area is 119 Å². The van der Waals surface area contributed by atoms with Gasteiger partial charge in [0, 0.05) is 4.90 Å². The van der Waals surface area contributed by atoms with E-state index >= 15 is 0 Å². The molecule has 0 N–H and O–H groups in total. The van der Waals surface area contributed by atoms with Crippen molar-refractivity contribution in [2.45, 2.75) is 4.90 Å².